The van der Waals surface area contributed by atoms with Crippen molar-refractivity contribution in [1.82, 2.24) is 4.31 Å². The van der Waals surface area contributed by atoms with E-state index in [0.29, 0.717) is 23.1 Å². The summed E-state index contributed by atoms with van der Waals surface area (Å²) in [5.74, 6) is -0.640. The second-order valence-electron chi connectivity index (χ2n) is 5.72. The maximum absolute atomic E-state index is 12.6. The van der Waals surface area contributed by atoms with Gasteiger partial charge in [0.2, 0.25) is 10.0 Å². The topological polar surface area (TPSA) is 86.7 Å². The van der Waals surface area contributed by atoms with Crippen LogP contribution in [0.2, 0.25) is 0 Å². The fourth-order valence-electron chi connectivity index (χ4n) is 2.69. The number of benzene rings is 2. The van der Waals surface area contributed by atoms with Gasteiger partial charge in [0.1, 0.15) is 5.75 Å². The Morgan fingerprint density at radius 2 is 1.80 bits per heavy atom. The van der Waals surface area contributed by atoms with Crippen molar-refractivity contribution in [2.75, 3.05) is 18.4 Å². The van der Waals surface area contributed by atoms with Crippen LogP contribution in [0.4, 0.5) is 5.69 Å². The van der Waals surface area contributed by atoms with Gasteiger partial charge < -0.3 is 10.4 Å². The average Bonchev–Trinajstić information content (AvgIpc) is 3.12. The van der Waals surface area contributed by atoms with E-state index in [1.165, 1.54) is 22.5 Å². The molecule has 2 aromatic carbocycles. The lowest BCUT2D eigenvalue weighted by Gasteiger charge is -2.17. The van der Waals surface area contributed by atoms with Gasteiger partial charge in [-0.05, 0) is 59.1 Å². The molecule has 25 heavy (non-hydrogen) atoms. The summed E-state index contributed by atoms with van der Waals surface area (Å²) in [5.41, 5.74) is 0.440. The molecule has 0 radical (unpaired) electrons. The Morgan fingerprint density at radius 3 is 2.48 bits per heavy atom. The van der Waals surface area contributed by atoms with Gasteiger partial charge in [0.05, 0.1) is 16.1 Å². The van der Waals surface area contributed by atoms with E-state index in [4.69, 9.17) is 0 Å². The number of amides is 1. The van der Waals surface area contributed by atoms with E-state index >= 15 is 0 Å². The first-order valence-corrected chi connectivity index (χ1v) is 10.0. The van der Waals surface area contributed by atoms with Crippen LogP contribution < -0.4 is 5.32 Å². The van der Waals surface area contributed by atoms with Crippen molar-refractivity contribution in [1.29, 1.82) is 0 Å². The van der Waals surface area contributed by atoms with Crippen molar-refractivity contribution in [3.8, 4) is 5.75 Å². The summed E-state index contributed by atoms with van der Waals surface area (Å²) >= 11 is 3.29. The third kappa shape index (κ3) is 3.70. The molecule has 3 rings (SSSR count). The summed E-state index contributed by atoms with van der Waals surface area (Å²) < 4.78 is 27.3. The van der Waals surface area contributed by atoms with Gasteiger partial charge in [-0.2, -0.15) is 4.31 Å². The minimum atomic E-state index is -3.62. The first-order chi connectivity index (χ1) is 11.9. The van der Waals surface area contributed by atoms with Gasteiger partial charge in [-0.3, -0.25) is 4.79 Å². The largest absolute Gasteiger partial charge is 0.506 e. The number of sulfonamides is 1. The number of aromatic hydroxyl groups is 1. The molecule has 0 aromatic heterocycles. The number of carbonyl (C=O) groups is 1. The first-order valence-electron chi connectivity index (χ1n) is 7.78. The molecule has 8 heteroatoms. The highest BCUT2D eigenvalue weighted by Gasteiger charge is 2.28. The van der Waals surface area contributed by atoms with Gasteiger partial charge in [-0.25, -0.2) is 8.42 Å². The monoisotopic (exact) mass is 424 g/mol. The standard InChI is InChI=1S/C17H17BrN2O4S/c18-14-6-2-1-5-13(14)17(22)19-15-11-12(7-8-16(15)21)25(23,24)20-9-3-4-10-20/h1-2,5-8,11,21H,3-4,9-10H2,(H,19,22). The van der Waals surface area contributed by atoms with E-state index in [9.17, 15) is 18.3 Å². The molecule has 0 saturated carbocycles. The molecule has 1 aliphatic rings. The van der Waals surface area contributed by atoms with Crippen LogP contribution >= 0.6 is 15.9 Å². The molecule has 132 valence electrons. The van der Waals surface area contributed by atoms with Gasteiger partial charge in [-0.15, -0.1) is 0 Å². The average molecular weight is 425 g/mol. The van der Waals surface area contributed by atoms with Crippen LogP contribution in [0.25, 0.3) is 0 Å². The number of halogens is 1. The van der Waals surface area contributed by atoms with Crippen molar-refractivity contribution in [3.63, 3.8) is 0 Å². The van der Waals surface area contributed by atoms with Crippen molar-refractivity contribution >= 4 is 37.5 Å². The molecule has 1 aliphatic heterocycles. The summed E-state index contributed by atoms with van der Waals surface area (Å²) in [6.45, 7) is 0.976. The van der Waals surface area contributed by atoms with Crippen molar-refractivity contribution in [2.24, 2.45) is 0 Å². The molecule has 6 nitrogen and oxygen atoms in total. The van der Waals surface area contributed by atoms with E-state index in [1.54, 1.807) is 24.3 Å². The fourth-order valence-corrected chi connectivity index (χ4v) is 4.70. The SMILES string of the molecule is O=C(Nc1cc(S(=O)(=O)N2CCCC2)ccc1O)c1ccccc1Br. The van der Waals surface area contributed by atoms with Gasteiger partial charge in [0.15, 0.2) is 0 Å². The van der Waals surface area contributed by atoms with Crippen LogP contribution in [0.3, 0.4) is 0 Å². The molecule has 0 unspecified atom stereocenters. The molecule has 1 fully saturated rings. The second-order valence-corrected chi connectivity index (χ2v) is 8.52. The van der Waals surface area contributed by atoms with E-state index in [2.05, 4.69) is 21.2 Å². The lowest BCUT2D eigenvalue weighted by molar-refractivity contribution is 0.102. The third-order valence-electron chi connectivity index (χ3n) is 4.04. The Bertz CT molecular complexity index is 909. The molecular weight excluding hydrogens is 408 g/mol. The lowest BCUT2D eigenvalue weighted by atomic mass is 10.2. The Hall–Kier alpha value is -1.90. The predicted molar refractivity (Wildman–Crippen MR) is 98.2 cm³/mol. The number of phenols is 1. The Balaban J connectivity index is 1.90. The van der Waals surface area contributed by atoms with E-state index in [0.717, 1.165) is 12.8 Å². The lowest BCUT2D eigenvalue weighted by Crippen LogP contribution is -2.28. The van der Waals surface area contributed by atoms with Crippen molar-refractivity contribution < 1.29 is 18.3 Å². The first kappa shape index (κ1) is 17.9. The molecule has 1 amide bonds. The fraction of sp³-hybridized carbons (Fsp3) is 0.235. The Morgan fingerprint density at radius 1 is 1.12 bits per heavy atom. The normalized spacial score (nSPS) is 15.2. The molecule has 1 heterocycles. The molecule has 0 atom stereocenters. The smallest absolute Gasteiger partial charge is 0.256 e. The number of nitrogens with one attached hydrogen (secondary N) is 1. The van der Waals surface area contributed by atoms with Crippen LogP contribution in [0.15, 0.2) is 51.8 Å². The molecule has 2 aromatic rings. The molecule has 1 saturated heterocycles. The van der Waals surface area contributed by atoms with Crippen LogP contribution in [0, 0.1) is 0 Å². The summed E-state index contributed by atoms with van der Waals surface area (Å²) in [6, 6.07) is 10.8. The summed E-state index contributed by atoms with van der Waals surface area (Å²) in [5, 5.41) is 12.6. The van der Waals surface area contributed by atoms with Crippen LogP contribution in [0.5, 0.6) is 5.75 Å². The van der Waals surface area contributed by atoms with Gasteiger partial charge in [0, 0.05) is 17.6 Å². The molecule has 0 aliphatic carbocycles. The maximum Gasteiger partial charge on any atom is 0.256 e. The number of anilines is 1. The Labute approximate surface area is 154 Å². The maximum atomic E-state index is 12.6. The zero-order chi connectivity index (χ0) is 18.0. The zero-order valence-corrected chi connectivity index (χ0v) is 15.7. The molecular formula is C17H17BrN2O4S. The van der Waals surface area contributed by atoms with E-state index < -0.39 is 15.9 Å². The van der Waals surface area contributed by atoms with Crippen LogP contribution in [-0.2, 0) is 10.0 Å². The number of phenolic OH excluding ortho intramolecular Hbond substituents is 1. The van der Waals surface area contributed by atoms with E-state index in [-0.39, 0.29) is 16.3 Å². The zero-order valence-electron chi connectivity index (χ0n) is 13.3. The third-order valence-corrected chi connectivity index (χ3v) is 6.62. The molecule has 2 N–H and O–H groups in total. The number of hydrogen-bond acceptors (Lipinski definition) is 4. The van der Waals surface area contributed by atoms with Crippen LogP contribution in [0.1, 0.15) is 23.2 Å². The summed E-state index contributed by atoms with van der Waals surface area (Å²) in [7, 11) is -3.62. The predicted octanol–water partition coefficient (Wildman–Crippen LogP) is 3.19. The van der Waals surface area contributed by atoms with E-state index in [1.807, 2.05) is 0 Å². The highest BCUT2D eigenvalue weighted by molar-refractivity contribution is 9.10. The highest BCUT2D eigenvalue weighted by atomic mass is 79.9. The van der Waals surface area contributed by atoms with Crippen molar-refractivity contribution in [3.05, 3.63) is 52.5 Å². The minimum Gasteiger partial charge on any atom is -0.506 e. The minimum absolute atomic E-state index is 0.0506. The van der Waals surface area contributed by atoms with Crippen molar-refractivity contribution in [2.45, 2.75) is 17.7 Å². The number of hydrogen-bond donors (Lipinski definition) is 2. The second kappa shape index (κ2) is 7.15. The summed E-state index contributed by atoms with van der Waals surface area (Å²) in [4.78, 5) is 12.4. The highest BCUT2D eigenvalue weighted by Crippen LogP contribution is 2.30. The molecule has 0 bridgehead atoms. The number of carbonyl (C=O) groups excluding carboxylic acids is 1. The quantitative estimate of drug-likeness (QED) is 0.737. The molecule has 0 spiro atoms. The summed E-state index contributed by atoms with van der Waals surface area (Å²) in [6.07, 6.45) is 1.67. The number of nitrogens with zero attached hydrogens (tertiary/aromatic N) is 1. The van der Waals surface area contributed by atoms with Gasteiger partial charge in [-0.1, -0.05) is 12.1 Å². The van der Waals surface area contributed by atoms with Gasteiger partial charge >= 0.3 is 0 Å². The van der Waals surface area contributed by atoms with Crippen LogP contribution in [-0.4, -0.2) is 36.8 Å². The number of rotatable bonds is 4. The Kier molecular flexibility index (Phi) is 5.12. The van der Waals surface area contributed by atoms with Gasteiger partial charge in [0.25, 0.3) is 5.91 Å².